The number of cyclic esters (lactones) is 1. The molecule has 1 heterocycles. The molecular weight excluding hydrogens is 304 g/mol. The Labute approximate surface area is 123 Å². The Morgan fingerprint density at radius 2 is 1.95 bits per heavy atom. The van der Waals surface area contributed by atoms with E-state index in [0.717, 1.165) is 0 Å². The SMILES string of the molecule is CC1(C)CC(COS(=O)(=O)c2ccc(Cl)cc2)C(=O)O1. The van der Waals surface area contributed by atoms with Gasteiger partial charge in [0.15, 0.2) is 0 Å². The lowest BCUT2D eigenvalue weighted by molar-refractivity contribution is -0.148. The number of benzene rings is 1. The monoisotopic (exact) mass is 318 g/mol. The minimum absolute atomic E-state index is 0.00697. The van der Waals surface area contributed by atoms with E-state index in [-0.39, 0.29) is 11.5 Å². The lowest BCUT2D eigenvalue weighted by Gasteiger charge is -2.14. The quantitative estimate of drug-likeness (QED) is 0.629. The van der Waals surface area contributed by atoms with E-state index in [2.05, 4.69) is 0 Å². The Balaban J connectivity index is 2.03. The Morgan fingerprint density at radius 1 is 1.35 bits per heavy atom. The zero-order chi connectivity index (χ0) is 15.0. The van der Waals surface area contributed by atoms with Gasteiger partial charge in [0.2, 0.25) is 0 Å². The molecule has 110 valence electrons. The first-order valence-electron chi connectivity index (χ1n) is 6.07. The van der Waals surface area contributed by atoms with Crippen LogP contribution in [0.4, 0.5) is 0 Å². The van der Waals surface area contributed by atoms with Gasteiger partial charge in [0, 0.05) is 11.4 Å². The molecule has 0 radical (unpaired) electrons. The molecule has 0 N–H and O–H groups in total. The topological polar surface area (TPSA) is 69.7 Å². The Kier molecular flexibility index (Phi) is 4.09. The standard InChI is InChI=1S/C13H15ClO5S/c1-13(2)7-9(12(15)19-13)8-18-20(16,17)11-5-3-10(14)4-6-11/h3-6,9H,7-8H2,1-2H3. The smallest absolute Gasteiger partial charge is 0.312 e. The molecule has 20 heavy (non-hydrogen) atoms. The average molecular weight is 319 g/mol. The molecule has 2 rings (SSSR count). The highest BCUT2D eigenvalue weighted by molar-refractivity contribution is 7.86. The highest BCUT2D eigenvalue weighted by Gasteiger charge is 2.40. The number of halogens is 1. The van der Waals surface area contributed by atoms with Crippen molar-refractivity contribution in [1.29, 1.82) is 0 Å². The molecule has 5 nitrogen and oxygen atoms in total. The van der Waals surface area contributed by atoms with Crippen molar-refractivity contribution in [2.45, 2.75) is 30.8 Å². The summed E-state index contributed by atoms with van der Waals surface area (Å²) in [7, 11) is -3.89. The summed E-state index contributed by atoms with van der Waals surface area (Å²) < 4.78 is 33.9. The van der Waals surface area contributed by atoms with Crippen molar-refractivity contribution in [2.75, 3.05) is 6.61 Å². The van der Waals surface area contributed by atoms with Crippen LogP contribution in [0.3, 0.4) is 0 Å². The molecule has 1 aliphatic rings. The van der Waals surface area contributed by atoms with E-state index in [4.69, 9.17) is 20.5 Å². The van der Waals surface area contributed by atoms with Crippen LogP contribution in [0.2, 0.25) is 5.02 Å². The van der Waals surface area contributed by atoms with Crippen LogP contribution in [0.1, 0.15) is 20.3 Å². The average Bonchev–Trinajstić information content (AvgIpc) is 2.60. The summed E-state index contributed by atoms with van der Waals surface area (Å²) in [5, 5.41) is 0.435. The van der Waals surface area contributed by atoms with Gasteiger partial charge in [-0.25, -0.2) is 0 Å². The van der Waals surface area contributed by atoms with Crippen LogP contribution in [0, 0.1) is 5.92 Å². The molecular formula is C13H15ClO5S. The number of ether oxygens (including phenoxy) is 1. The molecule has 0 aromatic heterocycles. The Hall–Kier alpha value is -1.11. The minimum atomic E-state index is -3.89. The number of carbonyl (C=O) groups is 1. The minimum Gasteiger partial charge on any atom is -0.459 e. The predicted molar refractivity (Wildman–Crippen MR) is 72.9 cm³/mol. The number of hydrogen-bond acceptors (Lipinski definition) is 5. The van der Waals surface area contributed by atoms with Gasteiger partial charge in [-0.15, -0.1) is 0 Å². The second-order valence-corrected chi connectivity index (χ2v) is 7.33. The lowest BCUT2D eigenvalue weighted by atomic mass is 9.98. The van der Waals surface area contributed by atoms with Crippen LogP contribution < -0.4 is 0 Å². The zero-order valence-electron chi connectivity index (χ0n) is 11.1. The fraction of sp³-hybridized carbons (Fsp3) is 0.462. The van der Waals surface area contributed by atoms with E-state index in [0.29, 0.717) is 11.4 Å². The molecule has 1 aliphatic heterocycles. The van der Waals surface area contributed by atoms with Crippen molar-refractivity contribution in [3.8, 4) is 0 Å². The predicted octanol–water partition coefficient (Wildman–Crippen LogP) is 2.39. The fourth-order valence-corrected chi connectivity index (χ4v) is 3.12. The summed E-state index contributed by atoms with van der Waals surface area (Å²) in [6.45, 7) is 3.34. The Bertz CT molecular complexity index is 606. The van der Waals surface area contributed by atoms with Gasteiger partial charge in [0.25, 0.3) is 10.1 Å². The molecule has 0 amide bonds. The van der Waals surface area contributed by atoms with Crippen molar-refractivity contribution in [3.63, 3.8) is 0 Å². The normalized spacial score (nSPS) is 21.8. The third-order valence-electron chi connectivity index (χ3n) is 2.97. The van der Waals surface area contributed by atoms with Crippen LogP contribution in [0.25, 0.3) is 0 Å². The summed E-state index contributed by atoms with van der Waals surface area (Å²) in [6, 6.07) is 5.64. The number of rotatable bonds is 4. The Morgan fingerprint density at radius 3 is 2.45 bits per heavy atom. The zero-order valence-corrected chi connectivity index (χ0v) is 12.7. The van der Waals surface area contributed by atoms with Crippen LogP contribution >= 0.6 is 11.6 Å². The molecule has 0 bridgehead atoms. The van der Waals surface area contributed by atoms with E-state index >= 15 is 0 Å². The molecule has 1 aromatic rings. The molecule has 1 unspecified atom stereocenters. The maximum Gasteiger partial charge on any atom is 0.312 e. The van der Waals surface area contributed by atoms with Crippen LogP contribution in [0.5, 0.6) is 0 Å². The third-order valence-corrected chi connectivity index (χ3v) is 4.52. The third kappa shape index (κ3) is 3.50. The van der Waals surface area contributed by atoms with Crippen molar-refractivity contribution >= 4 is 27.7 Å². The summed E-state index contributed by atoms with van der Waals surface area (Å²) >= 11 is 5.70. The van der Waals surface area contributed by atoms with E-state index in [1.165, 1.54) is 24.3 Å². The lowest BCUT2D eigenvalue weighted by Crippen LogP contribution is -2.19. The van der Waals surface area contributed by atoms with E-state index < -0.39 is 27.6 Å². The van der Waals surface area contributed by atoms with Gasteiger partial charge in [-0.2, -0.15) is 8.42 Å². The first-order chi connectivity index (χ1) is 9.20. The van der Waals surface area contributed by atoms with Gasteiger partial charge in [-0.3, -0.25) is 8.98 Å². The molecule has 1 atom stereocenters. The first-order valence-corrected chi connectivity index (χ1v) is 7.86. The van der Waals surface area contributed by atoms with Gasteiger partial charge < -0.3 is 4.74 Å². The maximum atomic E-state index is 12.0. The second-order valence-electron chi connectivity index (χ2n) is 5.27. The highest BCUT2D eigenvalue weighted by atomic mass is 35.5. The highest BCUT2D eigenvalue weighted by Crippen LogP contribution is 2.31. The summed E-state index contributed by atoms with van der Waals surface area (Å²) in [6.07, 6.45) is 0.433. The first kappa shape index (κ1) is 15.3. The van der Waals surface area contributed by atoms with E-state index in [9.17, 15) is 13.2 Å². The van der Waals surface area contributed by atoms with Gasteiger partial charge in [0.1, 0.15) is 5.60 Å². The maximum absolute atomic E-state index is 12.0. The van der Waals surface area contributed by atoms with Crippen molar-refractivity contribution in [1.82, 2.24) is 0 Å². The van der Waals surface area contributed by atoms with Gasteiger partial charge in [0.05, 0.1) is 17.4 Å². The molecule has 0 spiro atoms. The molecule has 1 aromatic carbocycles. The van der Waals surface area contributed by atoms with Gasteiger partial charge in [-0.1, -0.05) is 11.6 Å². The number of esters is 1. The summed E-state index contributed by atoms with van der Waals surface area (Å²) in [5.41, 5.74) is -0.574. The summed E-state index contributed by atoms with van der Waals surface area (Å²) in [5.74, 6) is -0.992. The van der Waals surface area contributed by atoms with Crippen molar-refractivity contribution in [2.24, 2.45) is 5.92 Å². The van der Waals surface area contributed by atoms with Gasteiger partial charge >= 0.3 is 5.97 Å². The van der Waals surface area contributed by atoms with Crippen molar-refractivity contribution < 1.29 is 22.1 Å². The van der Waals surface area contributed by atoms with Gasteiger partial charge in [-0.05, 0) is 38.1 Å². The van der Waals surface area contributed by atoms with Crippen LogP contribution in [0.15, 0.2) is 29.2 Å². The summed E-state index contributed by atoms with van der Waals surface area (Å²) in [4.78, 5) is 11.6. The molecule has 0 aliphatic carbocycles. The number of hydrogen-bond donors (Lipinski definition) is 0. The largest absolute Gasteiger partial charge is 0.459 e. The fourth-order valence-electron chi connectivity index (χ4n) is 2.04. The van der Waals surface area contributed by atoms with Crippen molar-refractivity contribution in [3.05, 3.63) is 29.3 Å². The number of carbonyl (C=O) groups excluding carboxylic acids is 1. The molecule has 1 saturated heterocycles. The molecule has 7 heteroatoms. The molecule has 1 fully saturated rings. The second kappa shape index (κ2) is 5.35. The van der Waals surface area contributed by atoms with E-state index in [1.54, 1.807) is 13.8 Å². The molecule has 0 saturated carbocycles. The van der Waals surface area contributed by atoms with Crippen LogP contribution in [-0.4, -0.2) is 26.6 Å². The van der Waals surface area contributed by atoms with Crippen LogP contribution in [-0.2, 0) is 23.8 Å². The van der Waals surface area contributed by atoms with E-state index in [1.807, 2.05) is 0 Å².